The van der Waals surface area contributed by atoms with Crippen LogP contribution in [0.15, 0.2) is 16.8 Å². The second-order valence-corrected chi connectivity index (χ2v) is 7.97. The molecule has 0 amide bonds. The minimum atomic E-state index is 0.532. The van der Waals surface area contributed by atoms with Crippen molar-refractivity contribution in [1.29, 1.82) is 0 Å². The number of aromatic nitrogens is 4. The van der Waals surface area contributed by atoms with Gasteiger partial charge in [0.2, 0.25) is 0 Å². The van der Waals surface area contributed by atoms with Crippen LogP contribution in [0.25, 0.3) is 0 Å². The Morgan fingerprint density at radius 3 is 3.00 bits per heavy atom. The van der Waals surface area contributed by atoms with Crippen LogP contribution < -0.4 is 5.32 Å². The maximum Gasteiger partial charge on any atom is 0.165 e. The van der Waals surface area contributed by atoms with Crippen molar-refractivity contribution in [1.82, 2.24) is 30.4 Å². The highest BCUT2D eigenvalue weighted by atomic mass is 32.1. The van der Waals surface area contributed by atoms with E-state index in [2.05, 4.69) is 49.5 Å². The van der Waals surface area contributed by atoms with E-state index in [1.54, 1.807) is 11.3 Å². The summed E-state index contributed by atoms with van der Waals surface area (Å²) in [5.41, 5.74) is 1.94. The Hall–Kier alpha value is -1.31. The predicted molar refractivity (Wildman–Crippen MR) is 94.6 cm³/mol. The molecule has 7 heteroatoms. The van der Waals surface area contributed by atoms with Gasteiger partial charge in [-0.15, -0.1) is 5.10 Å². The summed E-state index contributed by atoms with van der Waals surface area (Å²) in [4.78, 5) is 2.62. The molecular formula is C17H26N6S. The summed E-state index contributed by atoms with van der Waals surface area (Å²) in [6.45, 7) is 7.24. The van der Waals surface area contributed by atoms with Gasteiger partial charge < -0.3 is 5.32 Å². The lowest BCUT2D eigenvalue weighted by molar-refractivity contribution is 0.181. The molecule has 1 saturated carbocycles. The first-order valence-electron chi connectivity index (χ1n) is 9.02. The molecule has 2 aromatic heterocycles. The zero-order chi connectivity index (χ0) is 16.4. The average molecular weight is 347 g/mol. The topological polar surface area (TPSA) is 58.9 Å². The number of tetrazole rings is 1. The molecule has 1 aliphatic carbocycles. The summed E-state index contributed by atoms with van der Waals surface area (Å²) in [6, 6.07) is 2.91. The predicted octanol–water partition coefficient (Wildman–Crippen LogP) is 2.29. The van der Waals surface area contributed by atoms with Crippen LogP contribution in [0.1, 0.15) is 44.0 Å². The Morgan fingerprint density at radius 1 is 1.38 bits per heavy atom. The van der Waals surface area contributed by atoms with E-state index in [0.29, 0.717) is 11.5 Å². The number of rotatable bonds is 7. The molecule has 1 aliphatic heterocycles. The lowest BCUT2D eigenvalue weighted by Crippen LogP contribution is -2.36. The van der Waals surface area contributed by atoms with Crippen molar-refractivity contribution in [3.05, 3.63) is 28.2 Å². The molecule has 2 aromatic rings. The second kappa shape index (κ2) is 6.90. The van der Waals surface area contributed by atoms with E-state index in [1.807, 2.05) is 4.68 Å². The van der Waals surface area contributed by atoms with Crippen LogP contribution in [0.3, 0.4) is 0 Å². The van der Waals surface area contributed by atoms with Gasteiger partial charge >= 0.3 is 0 Å². The van der Waals surface area contributed by atoms with Gasteiger partial charge in [-0.3, -0.25) is 4.90 Å². The van der Waals surface area contributed by atoms with Crippen molar-refractivity contribution in [2.75, 3.05) is 13.1 Å². The first-order valence-corrected chi connectivity index (χ1v) is 9.96. The fourth-order valence-electron chi connectivity index (χ4n) is 4.10. The molecule has 6 nitrogen and oxygen atoms in total. The van der Waals surface area contributed by atoms with E-state index in [1.165, 1.54) is 24.8 Å². The van der Waals surface area contributed by atoms with Gasteiger partial charge in [0.1, 0.15) is 0 Å². The van der Waals surface area contributed by atoms with Crippen LogP contribution in [0.4, 0.5) is 0 Å². The van der Waals surface area contributed by atoms with E-state index in [0.717, 1.165) is 45.0 Å². The molecule has 2 fully saturated rings. The number of nitrogens with zero attached hydrogens (tertiary/aromatic N) is 5. The first-order chi connectivity index (χ1) is 11.8. The van der Waals surface area contributed by atoms with E-state index >= 15 is 0 Å². The van der Waals surface area contributed by atoms with Crippen LogP contribution in [0, 0.1) is 5.41 Å². The minimum absolute atomic E-state index is 0.532. The maximum absolute atomic E-state index is 4.30. The van der Waals surface area contributed by atoms with Crippen LogP contribution >= 0.6 is 11.3 Å². The van der Waals surface area contributed by atoms with E-state index in [-0.39, 0.29) is 0 Å². The van der Waals surface area contributed by atoms with Crippen molar-refractivity contribution in [3.63, 3.8) is 0 Å². The van der Waals surface area contributed by atoms with Gasteiger partial charge in [-0.2, -0.15) is 11.3 Å². The van der Waals surface area contributed by atoms with Gasteiger partial charge in [-0.25, -0.2) is 4.68 Å². The molecule has 1 spiro atoms. The Kier molecular flexibility index (Phi) is 4.65. The summed E-state index contributed by atoms with van der Waals surface area (Å²) in [5.74, 6) is 1.00. The zero-order valence-corrected chi connectivity index (χ0v) is 15.1. The highest BCUT2D eigenvalue weighted by molar-refractivity contribution is 7.07. The molecule has 130 valence electrons. The van der Waals surface area contributed by atoms with Crippen LogP contribution in [-0.2, 0) is 19.6 Å². The Labute approximate surface area is 147 Å². The van der Waals surface area contributed by atoms with Crippen molar-refractivity contribution < 1.29 is 0 Å². The SMILES string of the molecule is CCCn1nnnc1CN(Cc1ccsc1)C1CC12CCNCC2. The van der Waals surface area contributed by atoms with Crippen LogP contribution in [0.2, 0.25) is 0 Å². The fourth-order valence-corrected chi connectivity index (χ4v) is 4.76. The summed E-state index contributed by atoms with van der Waals surface area (Å²) in [5, 5.41) is 20.3. The van der Waals surface area contributed by atoms with Gasteiger partial charge in [0.25, 0.3) is 0 Å². The lowest BCUT2D eigenvalue weighted by Gasteiger charge is -2.29. The third-order valence-corrected chi connectivity index (χ3v) is 6.27. The number of thiophene rings is 1. The number of piperidine rings is 1. The molecule has 2 aliphatic rings. The van der Waals surface area contributed by atoms with Crippen LogP contribution in [-0.4, -0.2) is 44.2 Å². The molecule has 3 heterocycles. The number of aryl methyl sites for hydroxylation is 1. The summed E-state index contributed by atoms with van der Waals surface area (Å²) in [7, 11) is 0. The molecule has 1 saturated heterocycles. The van der Waals surface area contributed by atoms with Crippen molar-refractivity contribution in [2.45, 2.75) is 58.3 Å². The maximum atomic E-state index is 4.30. The lowest BCUT2D eigenvalue weighted by atomic mass is 9.93. The van der Waals surface area contributed by atoms with Gasteiger partial charge in [0.05, 0.1) is 6.54 Å². The molecule has 0 aromatic carbocycles. The Bertz CT molecular complexity index is 646. The average Bonchev–Trinajstić information content (AvgIpc) is 2.98. The highest BCUT2D eigenvalue weighted by Crippen LogP contribution is 2.56. The third-order valence-electron chi connectivity index (χ3n) is 5.54. The molecule has 1 atom stereocenters. The highest BCUT2D eigenvalue weighted by Gasteiger charge is 2.56. The molecular weight excluding hydrogens is 320 g/mol. The van der Waals surface area contributed by atoms with Crippen molar-refractivity contribution in [2.24, 2.45) is 5.41 Å². The van der Waals surface area contributed by atoms with Crippen LogP contribution in [0.5, 0.6) is 0 Å². The zero-order valence-electron chi connectivity index (χ0n) is 14.3. The van der Waals surface area contributed by atoms with E-state index < -0.39 is 0 Å². The quantitative estimate of drug-likeness (QED) is 0.833. The Morgan fingerprint density at radius 2 is 2.25 bits per heavy atom. The van der Waals surface area contributed by atoms with Gasteiger partial charge in [0, 0.05) is 19.1 Å². The fraction of sp³-hybridized carbons (Fsp3) is 0.706. The standard InChI is InChI=1S/C17H26N6S/c1-2-8-23-16(19-20-21-23)12-22(11-14-3-9-24-13-14)15-10-17(15)4-6-18-7-5-17/h3,9,13,15,18H,2,4-8,10-12H2,1H3. The third kappa shape index (κ3) is 3.25. The van der Waals surface area contributed by atoms with E-state index in [4.69, 9.17) is 0 Å². The number of hydrogen-bond acceptors (Lipinski definition) is 6. The minimum Gasteiger partial charge on any atom is -0.317 e. The monoisotopic (exact) mass is 346 g/mol. The summed E-state index contributed by atoms with van der Waals surface area (Å²) < 4.78 is 1.97. The smallest absolute Gasteiger partial charge is 0.165 e. The molecule has 1 N–H and O–H groups in total. The number of hydrogen-bond donors (Lipinski definition) is 1. The molecule has 24 heavy (non-hydrogen) atoms. The van der Waals surface area contributed by atoms with Crippen molar-refractivity contribution in [3.8, 4) is 0 Å². The summed E-state index contributed by atoms with van der Waals surface area (Å²) >= 11 is 1.78. The largest absolute Gasteiger partial charge is 0.317 e. The second-order valence-electron chi connectivity index (χ2n) is 7.19. The molecule has 0 radical (unpaired) electrons. The van der Waals surface area contributed by atoms with E-state index in [9.17, 15) is 0 Å². The Balaban J connectivity index is 1.51. The number of nitrogens with one attached hydrogen (secondary N) is 1. The van der Waals surface area contributed by atoms with Gasteiger partial charge in [-0.05, 0) is 77.0 Å². The molecule has 4 rings (SSSR count). The molecule has 1 unspecified atom stereocenters. The van der Waals surface area contributed by atoms with Crippen molar-refractivity contribution >= 4 is 11.3 Å². The van der Waals surface area contributed by atoms with Gasteiger partial charge in [-0.1, -0.05) is 6.92 Å². The normalized spacial score (nSPS) is 22.3. The van der Waals surface area contributed by atoms with Gasteiger partial charge in [0.15, 0.2) is 5.82 Å². The summed E-state index contributed by atoms with van der Waals surface area (Å²) in [6.07, 6.45) is 4.99. The molecule has 0 bridgehead atoms. The first kappa shape index (κ1) is 16.2.